The fraction of sp³-hybridized carbons (Fsp3) is 0.250. The summed E-state index contributed by atoms with van der Waals surface area (Å²) in [6.45, 7) is 2.04. The molecule has 4 heteroatoms. The number of hydrogen-bond acceptors (Lipinski definition) is 1. The Balaban J connectivity index is 2.26. The first-order chi connectivity index (χ1) is 9.41. The Labute approximate surface area is 116 Å². The minimum Gasteiger partial charge on any atom is -0.320 e. The molecule has 2 rings (SSSR count). The van der Waals surface area contributed by atoms with Crippen molar-refractivity contribution in [1.29, 1.82) is 0 Å². The van der Waals surface area contributed by atoms with Crippen molar-refractivity contribution < 1.29 is 13.2 Å². The standard InChI is InChI=1S/C16H16F3N/c1-2-11-4-3-5-13(10-11)15(20)12-6-8-14(9-7-12)16(17,18)19/h3-10,15H,2,20H2,1H3. The summed E-state index contributed by atoms with van der Waals surface area (Å²) in [5.41, 5.74) is 8.20. The highest BCUT2D eigenvalue weighted by Gasteiger charge is 2.30. The van der Waals surface area contributed by atoms with Crippen LogP contribution in [-0.2, 0) is 12.6 Å². The summed E-state index contributed by atoms with van der Waals surface area (Å²) in [6.07, 6.45) is -3.42. The third-order valence-corrected chi connectivity index (χ3v) is 3.32. The molecule has 0 bridgehead atoms. The van der Waals surface area contributed by atoms with Crippen molar-refractivity contribution in [2.45, 2.75) is 25.6 Å². The van der Waals surface area contributed by atoms with Crippen molar-refractivity contribution in [3.05, 3.63) is 70.8 Å². The molecule has 1 unspecified atom stereocenters. The Morgan fingerprint density at radius 1 is 1.00 bits per heavy atom. The average molecular weight is 279 g/mol. The lowest BCUT2D eigenvalue weighted by molar-refractivity contribution is -0.137. The lowest BCUT2D eigenvalue weighted by Gasteiger charge is -2.15. The van der Waals surface area contributed by atoms with Gasteiger partial charge in [0.15, 0.2) is 0 Å². The van der Waals surface area contributed by atoms with Gasteiger partial charge >= 0.3 is 6.18 Å². The molecule has 0 aliphatic carbocycles. The van der Waals surface area contributed by atoms with Crippen LogP contribution in [0.1, 0.15) is 35.2 Å². The lowest BCUT2D eigenvalue weighted by atomic mass is 9.96. The Morgan fingerprint density at radius 2 is 1.65 bits per heavy atom. The van der Waals surface area contributed by atoms with E-state index in [1.165, 1.54) is 12.1 Å². The number of nitrogens with two attached hydrogens (primary N) is 1. The molecule has 2 aromatic rings. The molecule has 20 heavy (non-hydrogen) atoms. The first-order valence-electron chi connectivity index (χ1n) is 6.43. The van der Waals surface area contributed by atoms with Crippen LogP contribution >= 0.6 is 0 Å². The zero-order valence-corrected chi connectivity index (χ0v) is 11.1. The van der Waals surface area contributed by atoms with E-state index in [0.29, 0.717) is 5.56 Å². The van der Waals surface area contributed by atoms with E-state index in [0.717, 1.165) is 29.7 Å². The second-order valence-corrected chi connectivity index (χ2v) is 4.70. The number of alkyl halides is 3. The highest BCUT2D eigenvalue weighted by atomic mass is 19.4. The second kappa shape index (κ2) is 5.67. The summed E-state index contributed by atoms with van der Waals surface area (Å²) < 4.78 is 37.5. The van der Waals surface area contributed by atoms with Gasteiger partial charge in [0.2, 0.25) is 0 Å². The van der Waals surface area contributed by atoms with E-state index in [-0.39, 0.29) is 0 Å². The smallest absolute Gasteiger partial charge is 0.320 e. The topological polar surface area (TPSA) is 26.0 Å². The number of hydrogen-bond donors (Lipinski definition) is 1. The van der Waals surface area contributed by atoms with E-state index in [9.17, 15) is 13.2 Å². The van der Waals surface area contributed by atoms with Crippen molar-refractivity contribution in [2.75, 3.05) is 0 Å². The molecule has 2 N–H and O–H groups in total. The fourth-order valence-corrected chi connectivity index (χ4v) is 2.08. The van der Waals surface area contributed by atoms with Gasteiger partial charge in [0, 0.05) is 0 Å². The van der Waals surface area contributed by atoms with Crippen LogP contribution in [0.3, 0.4) is 0 Å². The number of benzene rings is 2. The summed E-state index contributed by atoms with van der Waals surface area (Å²) >= 11 is 0. The Hall–Kier alpha value is -1.81. The summed E-state index contributed by atoms with van der Waals surface area (Å²) in [5.74, 6) is 0. The summed E-state index contributed by atoms with van der Waals surface area (Å²) in [6, 6.07) is 12.4. The van der Waals surface area contributed by atoms with Crippen LogP contribution in [0.2, 0.25) is 0 Å². The third kappa shape index (κ3) is 3.20. The molecule has 0 radical (unpaired) electrons. The molecule has 1 nitrogen and oxygen atoms in total. The zero-order chi connectivity index (χ0) is 14.8. The molecule has 0 saturated carbocycles. The maximum absolute atomic E-state index is 12.5. The van der Waals surface area contributed by atoms with E-state index in [2.05, 4.69) is 0 Å². The Morgan fingerprint density at radius 3 is 2.20 bits per heavy atom. The third-order valence-electron chi connectivity index (χ3n) is 3.32. The van der Waals surface area contributed by atoms with E-state index in [1.807, 2.05) is 31.2 Å². The summed E-state index contributed by atoms with van der Waals surface area (Å²) in [5, 5.41) is 0. The highest BCUT2D eigenvalue weighted by Crippen LogP contribution is 2.30. The van der Waals surface area contributed by atoms with E-state index >= 15 is 0 Å². The van der Waals surface area contributed by atoms with Crippen molar-refractivity contribution in [1.82, 2.24) is 0 Å². The van der Waals surface area contributed by atoms with Gasteiger partial charge in [0.05, 0.1) is 11.6 Å². The van der Waals surface area contributed by atoms with E-state index in [4.69, 9.17) is 5.73 Å². The van der Waals surface area contributed by atoms with Crippen LogP contribution < -0.4 is 5.73 Å². The molecule has 1 atom stereocenters. The SMILES string of the molecule is CCc1cccc(C(N)c2ccc(C(F)(F)F)cc2)c1. The van der Waals surface area contributed by atoms with Crippen LogP contribution in [-0.4, -0.2) is 0 Å². The normalized spacial score (nSPS) is 13.2. The Kier molecular flexibility index (Phi) is 4.14. The zero-order valence-electron chi connectivity index (χ0n) is 11.1. The average Bonchev–Trinajstić information content (AvgIpc) is 2.46. The van der Waals surface area contributed by atoms with Crippen LogP contribution in [0.15, 0.2) is 48.5 Å². The van der Waals surface area contributed by atoms with Crippen LogP contribution in [0.25, 0.3) is 0 Å². The minimum atomic E-state index is -4.31. The fourth-order valence-electron chi connectivity index (χ4n) is 2.08. The quantitative estimate of drug-likeness (QED) is 0.889. The molecule has 0 aliphatic heterocycles. The maximum atomic E-state index is 12.5. The molecule has 0 amide bonds. The largest absolute Gasteiger partial charge is 0.416 e. The number of rotatable bonds is 3. The predicted octanol–water partition coefficient (Wildman–Crippen LogP) is 4.32. The van der Waals surface area contributed by atoms with Crippen LogP contribution in [0, 0.1) is 0 Å². The van der Waals surface area contributed by atoms with Crippen molar-refractivity contribution in [3.63, 3.8) is 0 Å². The van der Waals surface area contributed by atoms with Gasteiger partial charge in [0.25, 0.3) is 0 Å². The Bertz CT molecular complexity index is 573. The summed E-state index contributed by atoms with van der Waals surface area (Å²) in [4.78, 5) is 0. The van der Waals surface area contributed by atoms with E-state index in [1.54, 1.807) is 0 Å². The van der Waals surface area contributed by atoms with E-state index < -0.39 is 17.8 Å². The van der Waals surface area contributed by atoms with Gasteiger partial charge in [-0.15, -0.1) is 0 Å². The molecule has 0 spiro atoms. The van der Waals surface area contributed by atoms with Gasteiger partial charge in [-0.2, -0.15) is 13.2 Å². The monoisotopic (exact) mass is 279 g/mol. The molecule has 0 aliphatic rings. The molecule has 0 aromatic heterocycles. The van der Waals surface area contributed by atoms with Gasteiger partial charge in [-0.3, -0.25) is 0 Å². The molecule has 2 aromatic carbocycles. The maximum Gasteiger partial charge on any atom is 0.416 e. The summed E-state index contributed by atoms with van der Waals surface area (Å²) in [7, 11) is 0. The van der Waals surface area contributed by atoms with Gasteiger partial charge < -0.3 is 5.73 Å². The van der Waals surface area contributed by atoms with Gasteiger partial charge in [-0.25, -0.2) is 0 Å². The van der Waals surface area contributed by atoms with Crippen molar-refractivity contribution in [2.24, 2.45) is 5.73 Å². The number of halogens is 3. The van der Waals surface area contributed by atoms with Crippen molar-refractivity contribution in [3.8, 4) is 0 Å². The molecule has 0 heterocycles. The van der Waals surface area contributed by atoms with Crippen LogP contribution in [0.4, 0.5) is 13.2 Å². The first kappa shape index (κ1) is 14.6. The molecule has 0 fully saturated rings. The predicted molar refractivity (Wildman–Crippen MR) is 73.3 cm³/mol. The van der Waals surface area contributed by atoms with Gasteiger partial charge in [0.1, 0.15) is 0 Å². The molecular weight excluding hydrogens is 263 g/mol. The molecule has 0 saturated heterocycles. The minimum absolute atomic E-state index is 0.413. The molecule has 106 valence electrons. The molecular formula is C16H16F3N. The van der Waals surface area contributed by atoms with Crippen LogP contribution in [0.5, 0.6) is 0 Å². The number of aryl methyl sites for hydroxylation is 1. The highest BCUT2D eigenvalue weighted by molar-refractivity contribution is 5.35. The lowest BCUT2D eigenvalue weighted by Crippen LogP contribution is -2.13. The van der Waals surface area contributed by atoms with Gasteiger partial charge in [-0.05, 0) is 35.2 Å². The van der Waals surface area contributed by atoms with Crippen molar-refractivity contribution >= 4 is 0 Å². The first-order valence-corrected chi connectivity index (χ1v) is 6.43. The second-order valence-electron chi connectivity index (χ2n) is 4.70. The van der Waals surface area contributed by atoms with Gasteiger partial charge in [-0.1, -0.05) is 43.3 Å².